The van der Waals surface area contributed by atoms with Crippen LogP contribution in [0, 0.1) is 13.8 Å². The minimum atomic E-state index is -3.85. The van der Waals surface area contributed by atoms with Gasteiger partial charge in [0, 0.05) is 11.7 Å². The summed E-state index contributed by atoms with van der Waals surface area (Å²) < 4.78 is 55.4. The smallest absolute Gasteiger partial charge is 0.242 e. The first-order valence-corrected chi connectivity index (χ1v) is 11.7. The van der Waals surface area contributed by atoms with Crippen LogP contribution < -0.4 is 4.72 Å². The Morgan fingerprint density at radius 3 is 2.19 bits per heavy atom. The van der Waals surface area contributed by atoms with E-state index in [1.165, 1.54) is 25.1 Å². The highest BCUT2D eigenvalue weighted by molar-refractivity contribution is 7.90. The lowest BCUT2D eigenvalue weighted by Crippen LogP contribution is -2.36. The monoisotopic (exact) mass is 396 g/mol. The van der Waals surface area contributed by atoms with Gasteiger partial charge in [0.2, 0.25) is 10.0 Å². The maximum absolute atomic E-state index is 13.0. The predicted octanol–water partition coefficient (Wildman–Crippen LogP) is 2.95. The highest BCUT2D eigenvalue weighted by Gasteiger charge is 2.29. The average molecular weight is 397 g/mol. The summed E-state index contributed by atoms with van der Waals surface area (Å²) in [6.45, 7) is 3.13. The second-order valence-electron chi connectivity index (χ2n) is 6.77. The number of sulfonamides is 1. The van der Waals surface area contributed by atoms with E-state index in [0.29, 0.717) is 5.69 Å². The molecule has 8 heteroatoms. The second-order valence-corrected chi connectivity index (χ2v) is 10.2. The zero-order valence-electron chi connectivity index (χ0n) is 15.0. The molecule has 1 N–H and O–H groups in total. The maximum atomic E-state index is 13.0. The fraction of sp³-hybridized carbons (Fsp3) is 0.444. The summed E-state index contributed by atoms with van der Waals surface area (Å²) in [6.07, 6.45) is 4.78. The molecule has 0 aliphatic heterocycles. The summed E-state index contributed by atoms with van der Waals surface area (Å²) >= 11 is 0. The fourth-order valence-corrected chi connectivity index (χ4v) is 6.83. The summed E-state index contributed by atoms with van der Waals surface area (Å²) in [7, 11) is -7.62. The summed E-state index contributed by atoms with van der Waals surface area (Å²) in [6, 6.07) is 9.37. The molecule has 0 bridgehead atoms. The van der Waals surface area contributed by atoms with E-state index in [0.717, 1.165) is 36.1 Å². The van der Waals surface area contributed by atoms with Gasteiger partial charge in [0.25, 0.3) is 10.0 Å². The Kier molecular flexibility index (Phi) is 5.28. The Bertz CT molecular complexity index is 987. The van der Waals surface area contributed by atoms with Crippen molar-refractivity contribution in [3.05, 3.63) is 47.8 Å². The molecule has 1 saturated carbocycles. The topological polar surface area (TPSA) is 85.2 Å². The van der Waals surface area contributed by atoms with E-state index in [1.807, 2.05) is 0 Å². The molecule has 1 aromatic heterocycles. The zero-order valence-corrected chi connectivity index (χ0v) is 16.6. The lowest BCUT2D eigenvalue weighted by molar-refractivity contribution is 0.412. The van der Waals surface area contributed by atoms with Gasteiger partial charge in [-0.2, -0.15) is 0 Å². The van der Waals surface area contributed by atoms with Gasteiger partial charge >= 0.3 is 0 Å². The van der Waals surface area contributed by atoms with Crippen LogP contribution in [-0.2, 0) is 20.0 Å². The van der Waals surface area contributed by atoms with Crippen molar-refractivity contribution in [2.75, 3.05) is 0 Å². The van der Waals surface area contributed by atoms with Crippen molar-refractivity contribution in [2.24, 2.45) is 0 Å². The predicted molar refractivity (Wildman–Crippen MR) is 100 cm³/mol. The van der Waals surface area contributed by atoms with Crippen molar-refractivity contribution in [1.82, 2.24) is 8.69 Å². The van der Waals surface area contributed by atoms with Crippen LogP contribution in [0.4, 0.5) is 0 Å². The van der Waals surface area contributed by atoms with Gasteiger partial charge in [0.1, 0.15) is 4.90 Å². The van der Waals surface area contributed by atoms with Crippen molar-refractivity contribution < 1.29 is 16.8 Å². The summed E-state index contributed by atoms with van der Waals surface area (Å²) in [5.41, 5.74) is 0.574. The van der Waals surface area contributed by atoms with Crippen LogP contribution >= 0.6 is 0 Å². The van der Waals surface area contributed by atoms with Crippen molar-refractivity contribution in [1.29, 1.82) is 0 Å². The van der Waals surface area contributed by atoms with E-state index < -0.39 is 20.0 Å². The Morgan fingerprint density at radius 2 is 1.58 bits per heavy atom. The molecule has 26 heavy (non-hydrogen) atoms. The number of rotatable bonds is 5. The molecule has 1 aromatic carbocycles. The molecule has 0 amide bonds. The Hall–Kier alpha value is -1.64. The minimum absolute atomic E-state index is 0.0279. The number of aromatic nitrogens is 1. The first-order chi connectivity index (χ1) is 12.2. The van der Waals surface area contributed by atoms with Crippen LogP contribution in [0.25, 0.3) is 0 Å². The van der Waals surface area contributed by atoms with E-state index in [2.05, 4.69) is 4.72 Å². The third kappa shape index (κ3) is 3.58. The molecular formula is C18H24N2O4S2. The minimum Gasteiger partial charge on any atom is -0.242 e. The quantitative estimate of drug-likeness (QED) is 0.842. The van der Waals surface area contributed by atoms with Gasteiger partial charge in [0.15, 0.2) is 0 Å². The number of hydrogen-bond acceptors (Lipinski definition) is 4. The SMILES string of the molecule is Cc1cc(S(=O)(=O)NC2CCCCC2)c(C)n1S(=O)(=O)c1ccccc1. The highest BCUT2D eigenvalue weighted by atomic mass is 32.2. The van der Waals surface area contributed by atoms with E-state index in [1.54, 1.807) is 25.1 Å². The Balaban J connectivity index is 2.00. The van der Waals surface area contributed by atoms with Crippen LogP contribution in [0.3, 0.4) is 0 Å². The van der Waals surface area contributed by atoms with Crippen molar-refractivity contribution in [3.8, 4) is 0 Å². The fourth-order valence-electron chi connectivity index (χ4n) is 3.56. The van der Waals surface area contributed by atoms with Crippen molar-refractivity contribution >= 4 is 20.0 Å². The van der Waals surface area contributed by atoms with Crippen LogP contribution in [0.1, 0.15) is 43.5 Å². The number of aryl methyl sites for hydroxylation is 1. The number of nitrogens with one attached hydrogen (secondary N) is 1. The van der Waals surface area contributed by atoms with Gasteiger partial charge in [-0.15, -0.1) is 0 Å². The molecule has 0 radical (unpaired) electrons. The molecule has 1 aliphatic rings. The number of benzene rings is 1. The molecule has 2 aromatic rings. The maximum Gasteiger partial charge on any atom is 0.268 e. The molecule has 6 nitrogen and oxygen atoms in total. The van der Waals surface area contributed by atoms with E-state index in [-0.39, 0.29) is 21.5 Å². The van der Waals surface area contributed by atoms with Gasteiger partial charge < -0.3 is 0 Å². The number of hydrogen-bond donors (Lipinski definition) is 1. The molecule has 1 fully saturated rings. The largest absolute Gasteiger partial charge is 0.268 e. The molecule has 1 aliphatic carbocycles. The van der Waals surface area contributed by atoms with Crippen LogP contribution in [-0.4, -0.2) is 26.8 Å². The third-order valence-electron chi connectivity index (χ3n) is 4.82. The normalized spacial score (nSPS) is 16.7. The lowest BCUT2D eigenvalue weighted by Gasteiger charge is -2.22. The van der Waals surface area contributed by atoms with E-state index in [9.17, 15) is 16.8 Å². The van der Waals surface area contributed by atoms with E-state index >= 15 is 0 Å². The molecular weight excluding hydrogens is 372 g/mol. The highest BCUT2D eigenvalue weighted by Crippen LogP contribution is 2.27. The summed E-state index contributed by atoms with van der Waals surface area (Å²) in [5.74, 6) is 0. The Morgan fingerprint density at radius 1 is 0.962 bits per heavy atom. The molecule has 3 rings (SSSR count). The van der Waals surface area contributed by atoms with E-state index in [4.69, 9.17) is 0 Å². The molecule has 0 atom stereocenters. The first-order valence-electron chi connectivity index (χ1n) is 8.75. The summed E-state index contributed by atoms with van der Waals surface area (Å²) in [4.78, 5) is 0.158. The van der Waals surface area contributed by atoms with Gasteiger partial charge in [-0.25, -0.2) is 25.5 Å². The van der Waals surface area contributed by atoms with Crippen molar-refractivity contribution in [3.63, 3.8) is 0 Å². The molecule has 142 valence electrons. The van der Waals surface area contributed by atoms with Gasteiger partial charge in [-0.3, -0.25) is 0 Å². The van der Waals surface area contributed by atoms with Crippen LogP contribution in [0.5, 0.6) is 0 Å². The van der Waals surface area contributed by atoms with Gasteiger partial charge in [-0.1, -0.05) is 37.5 Å². The van der Waals surface area contributed by atoms with Gasteiger partial charge in [-0.05, 0) is 44.9 Å². The molecule has 0 unspecified atom stereocenters. The molecule has 0 spiro atoms. The van der Waals surface area contributed by atoms with Crippen molar-refractivity contribution in [2.45, 2.75) is 61.8 Å². The van der Waals surface area contributed by atoms with Crippen LogP contribution in [0.15, 0.2) is 46.2 Å². The third-order valence-corrected chi connectivity index (χ3v) is 8.37. The van der Waals surface area contributed by atoms with Crippen LogP contribution in [0.2, 0.25) is 0 Å². The second kappa shape index (κ2) is 7.17. The van der Waals surface area contributed by atoms with Gasteiger partial charge in [0.05, 0.1) is 10.6 Å². The Labute approximate surface area is 155 Å². The molecule has 0 saturated heterocycles. The molecule has 1 heterocycles. The lowest BCUT2D eigenvalue weighted by atomic mass is 9.96. The first kappa shape index (κ1) is 19.1. The number of nitrogens with zero attached hydrogens (tertiary/aromatic N) is 1. The average Bonchev–Trinajstić information content (AvgIpc) is 2.92. The summed E-state index contributed by atoms with van der Waals surface area (Å²) in [5, 5.41) is 0. The standard InChI is InChI=1S/C18H24N2O4S2/c1-14-13-18(25(21,22)19-16-9-5-3-6-10-16)15(2)20(14)26(23,24)17-11-7-4-8-12-17/h4,7-8,11-13,16,19H,3,5-6,9-10H2,1-2H3. The zero-order chi connectivity index (χ0) is 18.9.